The molecule has 18 heavy (non-hydrogen) atoms. The highest BCUT2D eigenvalue weighted by molar-refractivity contribution is 7.10. The number of hydrogen-bond acceptors (Lipinski definition) is 4. The summed E-state index contributed by atoms with van der Waals surface area (Å²) in [4.78, 5) is 7.89. The Morgan fingerprint density at radius 1 is 1.44 bits per heavy atom. The van der Waals surface area contributed by atoms with Crippen LogP contribution in [0.3, 0.4) is 0 Å². The zero-order chi connectivity index (χ0) is 12.5. The minimum Gasteiger partial charge on any atom is -0.351 e. The van der Waals surface area contributed by atoms with Crippen LogP contribution in [0.1, 0.15) is 16.0 Å². The topological polar surface area (TPSA) is 39.9 Å². The molecule has 0 fully saturated rings. The van der Waals surface area contributed by atoms with E-state index in [1.54, 1.807) is 23.6 Å². The van der Waals surface area contributed by atoms with E-state index in [4.69, 9.17) is 16.9 Å². The molecule has 3 heterocycles. The Balaban J connectivity index is 1.96. The van der Waals surface area contributed by atoms with Gasteiger partial charge in [0.05, 0.1) is 5.56 Å². The second-order valence-electron chi connectivity index (χ2n) is 4.15. The fourth-order valence-electron chi connectivity index (χ4n) is 2.17. The predicted molar refractivity (Wildman–Crippen MR) is 73.0 cm³/mol. The second-order valence-corrected chi connectivity index (χ2v) is 5.53. The molecule has 0 unspecified atom stereocenters. The standard InChI is InChI=1S/C13H10ClN3S/c14-12-9(7-15)1-4-16-13(12)17-5-2-11-10(8-17)3-6-18-11/h1,3-4,6H,2,5,8H2. The van der Waals surface area contributed by atoms with Crippen molar-refractivity contribution in [2.45, 2.75) is 13.0 Å². The zero-order valence-electron chi connectivity index (χ0n) is 9.56. The molecule has 0 bridgehead atoms. The van der Waals surface area contributed by atoms with E-state index in [9.17, 15) is 0 Å². The van der Waals surface area contributed by atoms with Gasteiger partial charge in [0, 0.05) is 24.2 Å². The molecule has 0 N–H and O–H groups in total. The molecule has 2 aromatic heterocycles. The van der Waals surface area contributed by atoms with E-state index in [2.05, 4.69) is 27.4 Å². The first kappa shape index (κ1) is 11.5. The Morgan fingerprint density at radius 3 is 3.17 bits per heavy atom. The first-order valence-electron chi connectivity index (χ1n) is 5.64. The normalized spacial score (nSPS) is 14.1. The van der Waals surface area contributed by atoms with Crippen LogP contribution in [-0.4, -0.2) is 11.5 Å². The van der Waals surface area contributed by atoms with E-state index in [1.807, 2.05) is 0 Å². The minimum absolute atomic E-state index is 0.457. The summed E-state index contributed by atoms with van der Waals surface area (Å²) >= 11 is 8.02. The molecule has 0 saturated heterocycles. The maximum atomic E-state index is 8.99. The number of hydrogen-bond donors (Lipinski definition) is 0. The molecular formula is C13H10ClN3S. The van der Waals surface area contributed by atoms with Gasteiger partial charge in [0.1, 0.15) is 16.9 Å². The monoisotopic (exact) mass is 275 g/mol. The lowest BCUT2D eigenvalue weighted by molar-refractivity contribution is 0.732. The molecule has 5 heteroatoms. The van der Waals surface area contributed by atoms with Gasteiger partial charge in [-0.05, 0) is 29.5 Å². The molecule has 0 saturated carbocycles. The number of anilines is 1. The fourth-order valence-corrected chi connectivity index (χ4v) is 3.33. The number of rotatable bonds is 1. The van der Waals surface area contributed by atoms with Gasteiger partial charge in [-0.1, -0.05) is 11.6 Å². The van der Waals surface area contributed by atoms with Crippen molar-refractivity contribution in [3.63, 3.8) is 0 Å². The second kappa shape index (κ2) is 4.60. The number of thiophene rings is 1. The van der Waals surface area contributed by atoms with E-state index in [1.165, 1.54) is 10.4 Å². The first-order chi connectivity index (χ1) is 8.79. The molecule has 0 aromatic carbocycles. The third-order valence-electron chi connectivity index (χ3n) is 3.10. The van der Waals surface area contributed by atoms with Crippen molar-refractivity contribution in [2.24, 2.45) is 0 Å². The van der Waals surface area contributed by atoms with Crippen molar-refractivity contribution in [3.8, 4) is 6.07 Å². The number of nitriles is 1. The maximum Gasteiger partial charge on any atom is 0.149 e. The molecule has 0 radical (unpaired) electrons. The number of pyridine rings is 1. The zero-order valence-corrected chi connectivity index (χ0v) is 11.1. The van der Waals surface area contributed by atoms with Gasteiger partial charge in [-0.25, -0.2) is 4.98 Å². The van der Waals surface area contributed by atoms with Gasteiger partial charge < -0.3 is 4.90 Å². The highest BCUT2D eigenvalue weighted by Gasteiger charge is 2.21. The van der Waals surface area contributed by atoms with Crippen LogP contribution in [0.4, 0.5) is 5.82 Å². The summed E-state index contributed by atoms with van der Waals surface area (Å²) in [7, 11) is 0. The Labute approximate surface area is 114 Å². The molecule has 0 amide bonds. The van der Waals surface area contributed by atoms with Crippen LogP contribution in [0, 0.1) is 11.3 Å². The molecule has 3 nitrogen and oxygen atoms in total. The largest absolute Gasteiger partial charge is 0.351 e. The van der Waals surface area contributed by atoms with Crippen LogP contribution in [0.25, 0.3) is 0 Å². The van der Waals surface area contributed by atoms with Crippen LogP contribution in [0.2, 0.25) is 5.02 Å². The van der Waals surface area contributed by atoms with Gasteiger partial charge in [-0.2, -0.15) is 5.26 Å². The Hall–Kier alpha value is -1.57. The summed E-state index contributed by atoms with van der Waals surface area (Å²) in [5.41, 5.74) is 1.82. The fraction of sp³-hybridized carbons (Fsp3) is 0.231. The van der Waals surface area contributed by atoms with Gasteiger partial charge in [0.2, 0.25) is 0 Å². The maximum absolute atomic E-state index is 8.99. The quantitative estimate of drug-likeness (QED) is 0.802. The van der Waals surface area contributed by atoms with Crippen molar-refractivity contribution in [3.05, 3.63) is 44.7 Å². The van der Waals surface area contributed by atoms with Crippen molar-refractivity contribution >= 4 is 28.8 Å². The smallest absolute Gasteiger partial charge is 0.149 e. The van der Waals surface area contributed by atoms with Gasteiger partial charge in [-0.15, -0.1) is 11.3 Å². The molecule has 0 atom stereocenters. The molecule has 2 aromatic rings. The summed E-state index contributed by atoms with van der Waals surface area (Å²) in [5, 5.41) is 11.6. The summed E-state index contributed by atoms with van der Waals surface area (Å²) in [6, 6.07) is 5.88. The van der Waals surface area contributed by atoms with Crippen LogP contribution in [0.15, 0.2) is 23.7 Å². The molecule has 1 aliphatic rings. The van der Waals surface area contributed by atoms with Crippen LogP contribution >= 0.6 is 22.9 Å². The van der Waals surface area contributed by atoms with Crippen molar-refractivity contribution < 1.29 is 0 Å². The van der Waals surface area contributed by atoms with Gasteiger partial charge in [0.25, 0.3) is 0 Å². The Kier molecular flexibility index (Phi) is 2.94. The number of aromatic nitrogens is 1. The third kappa shape index (κ3) is 1.86. The lowest BCUT2D eigenvalue weighted by Gasteiger charge is -2.28. The predicted octanol–water partition coefficient (Wildman–Crippen LogP) is 3.23. The van der Waals surface area contributed by atoms with Gasteiger partial charge >= 0.3 is 0 Å². The van der Waals surface area contributed by atoms with Crippen molar-refractivity contribution in [2.75, 3.05) is 11.4 Å². The van der Waals surface area contributed by atoms with Crippen molar-refractivity contribution in [1.29, 1.82) is 5.26 Å². The molecule has 0 spiro atoms. The molecule has 90 valence electrons. The van der Waals surface area contributed by atoms with Crippen LogP contribution in [0.5, 0.6) is 0 Å². The number of nitrogens with zero attached hydrogens (tertiary/aromatic N) is 3. The van der Waals surface area contributed by atoms with E-state index < -0.39 is 0 Å². The van der Waals surface area contributed by atoms with Crippen LogP contribution < -0.4 is 4.90 Å². The minimum atomic E-state index is 0.457. The van der Waals surface area contributed by atoms with Crippen LogP contribution in [-0.2, 0) is 13.0 Å². The first-order valence-corrected chi connectivity index (χ1v) is 6.90. The summed E-state index contributed by atoms with van der Waals surface area (Å²) < 4.78 is 0. The van der Waals surface area contributed by atoms with Crippen molar-refractivity contribution in [1.82, 2.24) is 4.98 Å². The third-order valence-corrected chi connectivity index (χ3v) is 4.49. The average molecular weight is 276 g/mol. The lowest BCUT2D eigenvalue weighted by atomic mass is 10.1. The lowest BCUT2D eigenvalue weighted by Crippen LogP contribution is -2.30. The van der Waals surface area contributed by atoms with Gasteiger partial charge in [-0.3, -0.25) is 0 Å². The molecular weight excluding hydrogens is 266 g/mol. The van der Waals surface area contributed by atoms with Gasteiger partial charge in [0.15, 0.2) is 0 Å². The van der Waals surface area contributed by atoms with E-state index >= 15 is 0 Å². The highest BCUT2D eigenvalue weighted by atomic mass is 35.5. The SMILES string of the molecule is N#Cc1ccnc(N2CCc3sccc3C2)c1Cl. The average Bonchev–Trinajstić information content (AvgIpc) is 2.86. The Morgan fingerprint density at radius 2 is 2.33 bits per heavy atom. The van der Waals surface area contributed by atoms with E-state index in [0.717, 1.165) is 19.5 Å². The molecule has 0 aliphatic carbocycles. The number of fused-ring (bicyclic) bond motifs is 1. The molecule has 1 aliphatic heterocycles. The summed E-state index contributed by atoms with van der Waals surface area (Å²) in [6.07, 6.45) is 2.66. The molecule has 3 rings (SSSR count). The summed E-state index contributed by atoms with van der Waals surface area (Å²) in [5.74, 6) is 0.715. The number of halogens is 1. The summed E-state index contributed by atoms with van der Waals surface area (Å²) in [6.45, 7) is 1.72. The van der Waals surface area contributed by atoms with E-state index in [0.29, 0.717) is 16.4 Å². The highest BCUT2D eigenvalue weighted by Crippen LogP contribution is 2.31. The Bertz CT molecular complexity index is 629. The van der Waals surface area contributed by atoms with E-state index in [-0.39, 0.29) is 0 Å².